The summed E-state index contributed by atoms with van der Waals surface area (Å²) in [5.74, 6) is 0.559. The molecule has 1 saturated heterocycles. The summed E-state index contributed by atoms with van der Waals surface area (Å²) in [5, 5.41) is 3.50. The maximum absolute atomic E-state index is 12.3. The predicted molar refractivity (Wildman–Crippen MR) is 77.7 cm³/mol. The fraction of sp³-hybridized carbons (Fsp3) is 0.714. The van der Waals surface area contributed by atoms with Crippen LogP contribution in [-0.4, -0.2) is 35.7 Å². The van der Waals surface area contributed by atoms with E-state index in [4.69, 9.17) is 0 Å². The number of aryl methyl sites for hydroxylation is 1. The lowest BCUT2D eigenvalue weighted by Crippen LogP contribution is -2.44. The Hall–Kier alpha value is -1.36. The van der Waals surface area contributed by atoms with Gasteiger partial charge in [0, 0.05) is 38.6 Å². The second-order valence-electron chi connectivity index (χ2n) is 5.28. The van der Waals surface area contributed by atoms with E-state index in [1.165, 1.54) is 19.3 Å². The van der Waals surface area contributed by atoms with Crippen LogP contribution in [0.15, 0.2) is 17.2 Å². The number of aromatic nitrogens is 2. The molecular formula is C14H24N4O. The van der Waals surface area contributed by atoms with Gasteiger partial charge in [-0.15, -0.1) is 0 Å². The van der Waals surface area contributed by atoms with Gasteiger partial charge < -0.3 is 14.8 Å². The third kappa shape index (κ3) is 3.56. The van der Waals surface area contributed by atoms with Gasteiger partial charge in [0.05, 0.1) is 0 Å². The highest BCUT2D eigenvalue weighted by Gasteiger charge is 2.17. The highest BCUT2D eigenvalue weighted by Crippen LogP contribution is 2.10. The SMILES string of the molecule is CCCn1ccnc(N(C)CC2CCCCN2)c1=O. The average molecular weight is 264 g/mol. The summed E-state index contributed by atoms with van der Waals surface area (Å²) in [6.45, 7) is 4.76. The molecule has 0 radical (unpaired) electrons. The van der Waals surface area contributed by atoms with E-state index in [0.717, 1.165) is 26.1 Å². The zero-order valence-corrected chi connectivity index (χ0v) is 11.9. The lowest BCUT2D eigenvalue weighted by Gasteiger charge is -2.28. The van der Waals surface area contributed by atoms with Crippen molar-refractivity contribution < 1.29 is 0 Å². The van der Waals surface area contributed by atoms with Crippen molar-refractivity contribution in [2.24, 2.45) is 0 Å². The Labute approximate surface area is 114 Å². The summed E-state index contributed by atoms with van der Waals surface area (Å²) in [7, 11) is 1.95. The van der Waals surface area contributed by atoms with Crippen molar-refractivity contribution in [3.63, 3.8) is 0 Å². The molecule has 0 saturated carbocycles. The molecule has 106 valence electrons. The van der Waals surface area contributed by atoms with Crippen LogP contribution in [0.1, 0.15) is 32.6 Å². The zero-order valence-electron chi connectivity index (χ0n) is 11.9. The summed E-state index contributed by atoms with van der Waals surface area (Å²) in [4.78, 5) is 18.5. The molecule has 1 fully saturated rings. The monoisotopic (exact) mass is 264 g/mol. The molecule has 1 aromatic heterocycles. The molecule has 1 unspecified atom stereocenters. The van der Waals surface area contributed by atoms with Crippen molar-refractivity contribution in [2.45, 2.75) is 45.2 Å². The van der Waals surface area contributed by atoms with Crippen LogP contribution >= 0.6 is 0 Å². The van der Waals surface area contributed by atoms with Gasteiger partial charge in [-0.3, -0.25) is 4.79 Å². The van der Waals surface area contributed by atoms with Gasteiger partial charge in [-0.1, -0.05) is 13.3 Å². The van der Waals surface area contributed by atoms with Crippen molar-refractivity contribution in [3.8, 4) is 0 Å². The van der Waals surface area contributed by atoms with Crippen LogP contribution in [0.25, 0.3) is 0 Å². The van der Waals surface area contributed by atoms with Crippen molar-refractivity contribution >= 4 is 5.82 Å². The topological polar surface area (TPSA) is 50.2 Å². The third-order valence-corrected chi connectivity index (χ3v) is 3.63. The van der Waals surface area contributed by atoms with E-state index in [0.29, 0.717) is 11.9 Å². The van der Waals surface area contributed by atoms with Gasteiger partial charge in [0.15, 0.2) is 5.82 Å². The van der Waals surface area contributed by atoms with Crippen LogP contribution in [0.5, 0.6) is 0 Å². The molecular weight excluding hydrogens is 240 g/mol. The van der Waals surface area contributed by atoms with Crippen LogP contribution in [0.2, 0.25) is 0 Å². The van der Waals surface area contributed by atoms with Crippen molar-refractivity contribution in [1.82, 2.24) is 14.9 Å². The van der Waals surface area contributed by atoms with Crippen molar-refractivity contribution in [2.75, 3.05) is 25.0 Å². The summed E-state index contributed by atoms with van der Waals surface area (Å²) in [6.07, 6.45) is 8.15. The highest BCUT2D eigenvalue weighted by molar-refractivity contribution is 5.34. The first-order valence-corrected chi connectivity index (χ1v) is 7.22. The van der Waals surface area contributed by atoms with E-state index in [1.807, 2.05) is 11.9 Å². The molecule has 2 rings (SSSR count). The van der Waals surface area contributed by atoms with Gasteiger partial charge in [-0.2, -0.15) is 0 Å². The Morgan fingerprint density at radius 3 is 3.05 bits per heavy atom. The molecule has 0 aliphatic carbocycles. The van der Waals surface area contributed by atoms with E-state index in [2.05, 4.69) is 17.2 Å². The fourth-order valence-corrected chi connectivity index (χ4v) is 2.61. The second kappa shape index (κ2) is 6.70. The summed E-state index contributed by atoms with van der Waals surface area (Å²) in [5.41, 5.74) is 0.0164. The Morgan fingerprint density at radius 1 is 1.53 bits per heavy atom. The van der Waals surface area contributed by atoms with Crippen LogP contribution in [-0.2, 0) is 6.54 Å². The minimum atomic E-state index is 0.0164. The molecule has 0 amide bonds. The van der Waals surface area contributed by atoms with Gasteiger partial charge in [-0.25, -0.2) is 4.98 Å². The molecule has 19 heavy (non-hydrogen) atoms. The molecule has 1 aromatic rings. The van der Waals surface area contributed by atoms with Crippen LogP contribution in [0.3, 0.4) is 0 Å². The number of nitrogens with one attached hydrogen (secondary N) is 1. The summed E-state index contributed by atoms with van der Waals surface area (Å²) in [6, 6.07) is 0.472. The fourth-order valence-electron chi connectivity index (χ4n) is 2.61. The van der Waals surface area contributed by atoms with Gasteiger partial charge in [0.25, 0.3) is 5.56 Å². The van der Waals surface area contributed by atoms with Gasteiger partial charge in [-0.05, 0) is 25.8 Å². The minimum absolute atomic E-state index is 0.0164. The molecule has 1 atom stereocenters. The maximum atomic E-state index is 12.3. The molecule has 0 bridgehead atoms. The van der Waals surface area contributed by atoms with E-state index in [1.54, 1.807) is 17.0 Å². The first-order valence-electron chi connectivity index (χ1n) is 7.22. The normalized spacial score (nSPS) is 19.4. The standard InChI is InChI=1S/C14H24N4O/c1-3-9-18-10-8-16-13(14(18)19)17(2)11-12-6-4-5-7-15-12/h8,10,12,15H,3-7,9,11H2,1-2H3. The summed E-state index contributed by atoms with van der Waals surface area (Å²) < 4.78 is 1.74. The lowest BCUT2D eigenvalue weighted by molar-refractivity contribution is 0.402. The maximum Gasteiger partial charge on any atom is 0.293 e. The number of nitrogens with zero attached hydrogens (tertiary/aromatic N) is 3. The second-order valence-corrected chi connectivity index (χ2v) is 5.28. The first-order chi connectivity index (χ1) is 9.22. The zero-order chi connectivity index (χ0) is 13.7. The number of rotatable bonds is 5. The summed E-state index contributed by atoms with van der Waals surface area (Å²) >= 11 is 0. The lowest BCUT2D eigenvalue weighted by atomic mass is 10.0. The molecule has 5 nitrogen and oxygen atoms in total. The molecule has 0 spiro atoms. The number of anilines is 1. The molecule has 1 N–H and O–H groups in total. The largest absolute Gasteiger partial charge is 0.354 e. The Kier molecular flexibility index (Phi) is 4.96. The van der Waals surface area contributed by atoms with E-state index in [-0.39, 0.29) is 5.56 Å². The Balaban J connectivity index is 2.07. The van der Waals surface area contributed by atoms with E-state index >= 15 is 0 Å². The predicted octanol–water partition coefficient (Wildman–Crippen LogP) is 1.23. The van der Waals surface area contributed by atoms with E-state index < -0.39 is 0 Å². The van der Waals surface area contributed by atoms with Crippen LogP contribution < -0.4 is 15.8 Å². The van der Waals surface area contributed by atoms with Gasteiger partial charge >= 0.3 is 0 Å². The van der Waals surface area contributed by atoms with E-state index in [9.17, 15) is 4.79 Å². The van der Waals surface area contributed by atoms with Crippen LogP contribution in [0.4, 0.5) is 5.82 Å². The number of hydrogen-bond donors (Lipinski definition) is 1. The molecule has 1 aliphatic rings. The molecule has 1 aliphatic heterocycles. The quantitative estimate of drug-likeness (QED) is 0.869. The smallest absolute Gasteiger partial charge is 0.293 e. The van der Waals surface area contributed by atoms with Gasteiger partial charge in [0.2, 0.25) is 0 Å². The highest BCUT2D eigenvalue weighted by atomic mass is 16.1. The number of likely N-dealkylation sites (N-methyl/N-ethyl adjacent to an activating group) is 1. The molecule has 2 heterocycles. The van der Waals surface area contributed by atoms with Crippen molar-refractivity contribution in [1.29, 1.82) is 0 Å². The van der Waals surface area contributed by atoms with Crippen LogP contribution in [0, 0.1) is 0 Å². The first kappa shape index (κ1) is 14.1. The molecule has 5 heteroatoms. The Bertz CT molecular complexity index is 451. The van der Waals surface area contributed by atoms with Crippen molar-refractivity contribution in [3.05, 3.63) is 22.7 Å². The number of hydrogen-bond acceptors (Lipinski definition) is 4. The third-order valence-electron chi connectivity index (χ3n) is 3.63. The number of piperidine rings is 1. The molecule has 0 aromatic carbocycles. The average Bonchev–Trinajstić information content (AvgIpc) is 2.42. The van der Waals surface area contributed by atoms with Gasteiger partial charge in [0.1, 0.15) is 0 Å². The Morgan fingerprint density at radius 2 is 2.37 bits per heavy atom. The minimum Gasteiger partial charge on any atom is -0.354 e.